The van der Waals surface area contributed by atoms with E-state index in [0.29, 0.717) is 12.1 Å². The molecule has 0 aromatic rings. The summed E-state index contributed by atoms with van der Waals surface area (Å²) in [5.74, 6) is 0.747. The van der Waals surface area contributed by atoms with Crippen molar-refractivity contribution in [2.45, 2.75) is 52.6 Å². The number of nitrogens with one attached hydrogen (secondary N) is 1. The molecule has 1 saturated heterocycles. The van der Waals surface area contributed by atoms with Crippen LogP contribution in [0.4, 0.5) is 0 Å². The van der Waals surface area contributed by atoms with Gasteiger partial charge in [-0.05, 0) is 39.2 Å². The largest absolute Gasteiger partial charge is 0.380 e. The molecule has 102 valence electrons. The van der Waals surface area contributed by atoms with Crippen LogP contribution in [0.5, 0.6) is 0 Å². The summed E-state index contributed by atoms with van der Waals surface area (Å²) in [5, 5.41) is 3.54. The maximum absolute atomic E-state index is 5.71. The Morgan fingerprint density at radius 1 is 1.29 bits per heavy atom. The van der Waals surface area contributed by atoms with Crippen molar-refractivity contribution in [3.05, 3.63) is 0 Å². The third-order valence-corrected chi connectivity index (χ3v) is 3.55. The summed E-state index contributed by atoms with van der Waals surface area (Å²) >= 11 is 0. The lowest BCUT2D eigenvalue weighted by Crippen LogP contribution is -2.40. The average Bonchev–Trinajstić information content (AvgIpc) is 2.40. The van der Waals surface area contributed by atoms with Crippen LogP contribution in [-0.2, 0) is 4.74 Å². The van der Waals surface area contributed by atoms with Crippen LogP contribution in [0, 0.1) is 5.92 Å². The van der Waals surface area contributed by atoms with Crippen molar-refractivity contribution in [3.8, 4) is 0 Å². The minimum atomic E-state index is 0.607. The van der Waals surface area contributed by atoms with E-state index in [4.69, 9.17) is 4.74 Å². The van der Waals surface area contributed by atoms with E-state index < -0.39 is 0 Å². The van der Waals surface area contributed by atoms with E-state index in [1.54, 1.807) is 0 Å². The van der Waals surface area contributed by atoms with Gasteiger partial charge in [0, 0.05) is 31.8 Å². The highest BCUT2D eigenvalue weighted by Crippen LogP contribution is 2.08. The van der Waals surface area contributed by atoms with Gasteiger partial charge >= 0.3 is 0 Å². The van der Waals surface area contributed by atoms with Crippen LogP contribution in [0.15, 0.2) is 0 Å². The number of hydrogen-bond acceptors (Lipinski definition) is 3. The smallest absolute Gasteiger partial charge is 0.0593 e. The fourth-order valence-electron chi connectivity index (χ4n) is 2.23. The minimum absolute atomic E-state index is 0.607. The van der Waals surface area contributed by atoms with Gasteiger partial charge in [-0.2, -0.15) is 0 Å². The Bertz CT molecular complexity index is 197. The second kappa shape index (κ2) is 8.06. The fraction of sp³-hybridized carbons (Fsp3) is 1.00. The molecule has 2 unspecified atom stereocenters. The van der Waals surface area contributed by atoms with Crippen LogP contribution in [0.2, 0.25) is 0 Å². The Labute approximate surface area is 107 Å². The van der Waals surface area contributed by atoms with Gasteiger partial charge in [-0.3, -0.25) is 4.90 Å². The zero-order valence-electron chi connectivity index (χ0n) is 12.0. The highest BCUT2D eigenvalue weighted by molar-refractivity contribution is 4.78. The first-order chi connectivity index (χ1) is 8.09. The Balaban J connectivity index is 2.15. The normalized spacial score (nSPS) is 27.4. The monoisotopic (exact) mass is 242 g/mol. The molecule has 1 heterocycles. The van der Waals surface area contributed by atoms with Crippen LogP contribution in [-0.4, -0.2) is 49.8 Å². The molecule has 0 aliphatic carbocycles. The highest BCUT2D eigenvalue weighted by Gasteiger charge is 2.19. The van der Waals surface area contributed by atoms with Gasteiger partial charge in [-0.15, -0.1) is 0 Å². The van der Waals surface area contributed by atoms with E-state index >= 15 is 0 Å². The van der Waals surface area contributed by atoms with Gasteiger partial charge in [-0.1, -0.05) is 13.8 Å². The number of nitrogens with zero attached hydrogens (tertiary/aromatic N) is 1. The first kappa shape index (κ1) is 14.9. The van der Waals surface area contributed by atoms with Crippen LogP contribution in [0.3, 0.4) is 0 Å². The highest BCUT2D eigenvalue weighted by atomic mass is 16.5. The predicted molar refractivity (Wildman–Crippen MR) is 73.4 cm³/mol. The first-order valence-electron chi connectivity index (χ1n) is 7.14. The predicted octanol–water partition coefficient (Wildman–Crippen LogP) is 2.12. The molecule has 17 heavy (non-hydrogen) atoms. The Morgan fingerprint density at radius 3 is 2.76 bits per heavy atom. The summed E-state index contributed by atoms with van der Waals surface area (Å²) < 4.78 is 5.71. The molecule has 0 saturated carbocycles. The van der Waals surface area contributed by atoms with E-state index in [0.717, 1.165) is 38.8 Å². The van der Waals surface area contributed by atoms with Crippen molar-refractivity contribution >= 4 is 0 Å². The van der Waals surface area contributed by atoms with Crippen molar-refractivity contribution in [2.75, 3.05) is 32.8 Å². The van der Waals surface area contributed by atoms with Gasteiger partial charge in [0.15, 0.2) is 0 Å². The van der Waals surface area contributed by atoms with E-state index in [9.17, 15) is 0 Å². The maximum atomic E-state index is 5.71. The molecule has 1 N–H and O–H groups in total. The lowest BCUT2D eigenvalue weighted by molar-refractivity contribution is 0.0833. The summed E-state index contributed by atoms with van der Waals surface area (Å²) in [6, 6.07) is 1.29. The lowest BCUT2D eigenvalue weighted by Gasteiger charge is -2.27. The van der Waals surface area contributed by atoms with Crippen molar-refractivity contribution in [1.82, 2.24) is 10.2 Å². The van der Waals surface area contributed by atoms with Gasteiger partial charge in [0.25, 0.3) is 0 Å². The summed E-state index contributed by atoms with van der Waals surface area (Å²) in [7, 11) is 0. The van der Waals surface area contributed by atoms with Crippen molar-refractivity contribution in [1.29, 1.82) is 0 Å². The SMILES string of the molecule is CC(C)CCOCCN1CC(C)NCCC1C. The van der Waals surface area contributed by atoms with Gasteiger partial charge in [0.05, 0.1) is 6.61 Å². The average molecular weight is 242 g/mol. The molecule has 0 radical (unpaired) electrons. The molecular formula is C14H30N2O. The van der Waals surface area contributed by atoms with E-state index in [-0.39, 0.29) is 0 Å². The summed E-state index contributed by atoms with van der Waals surface area (Å²) in [4.78, 5) is 2.56. The minimum Gasteiger partial charge on any atom is -0.380 e. The van der Waals surface area contributed by atoms with Gasteiger partial charge in [0.2, 0.25) is 0 Å². The van der Waals surface area contributed by atoms with Gasteiger partial charge in [-0.25, -0.2) is 0 Å². The van der Waals surface area contributed by atoms with E-state index in [1.807, 2.05) is 0 Å². The van der Waals surface area contributed by atoms with Crippen LogP contribution in [0.25, 0.3) is 0 Å². The molecule has 1 aliphatic heterocycles. The lowest BCUT2D eigenvalue weighted by atomic mass is 10.1. The molecule has 1 aliphatic rings. The third kappa shape index (κ3) is 6.39. The van der Waals surface area contributed by atoms with Crippen molar-refractivity contribution in [3.63, 3.8) is 0 Å². The van der Waals surface area contributed by atoms with Crippen LogP contribution in [0.1, 0.15) is 40.5 Å². The van der Waals surface area contributed by atoms with Gasteiger partial charge in [0.1, 0.15) is 0 Å². The molecule has 0 spiro atoms. The van der Waals surface area contributed by atoms with E-state index in [1.165, 1.54) is 12.8 Å². The molecule has 3 heteroatoms. The molecule has 0 aromatic carbocycles. The molecule has 0 aromatic heterocycles. The standard InChI is InChI=1S/C14H30N2O/c1-12(2)6-9-17-10-8-16-11-13(3)15-7-5-14(16)4/h12-15H,5-11H2,1-4H3. The Kier molecular flexibility index (Phi) is 7.09. The van der Waals surface area contributed by atoms with Gasteiger partial charge < -0.3 is 10.1 Å². The second-order valence-electron chi connectivity index (χ2n) is 5.78. The van der Waals surface area contributed by atoms with Crippen LogP contribution < -0.4 is 5.32 Å². The summed E-state index contributed by atoms with van der Waals surface area (Å²) in [6.07, 6.45) is 2.42. The zero-order chi connectivity index (χ0) is 12.7. The first-order valence-corrected chi connectivity index (χ1v) is 7.14. The number of rotatable bonds is 6. The number of ether oxygens (including phenoxy) is 1. The molecular weight excluding hydrogens is 212 g/mol. The summed E-state index contributed by atoms with van der Waals surface area (Å²) in [5.41, 5.74) is 0. The topological polar surface area (TPSA) is 24.5 Å². The molecule has 1 fully saturated rings. The van der Waals surface area contributed by atoms with Crippen molar-refractivity contribution < 1.29 is 4.74 Å². The third-order valence-electron chi connectivity index (χ3n) is 3.55. The summed E-state index contributed by atoms with van der Waals surface area (Å²) in [6.45, 7) is 14.2. The molecule has 2 atom stereocenters. The molecule has 1 rings (SSSR count). The van der Waals surface area contributed by atoms with Crippen molar-refractivity contribution in [2.24, 2.45) is 5.92 Å². The molecule has 3 nitrogen and oxygen atoms in total. The maximum Gasteiger partial charge on any atom is 0.0593 e. The van der Waals surface area contributed by atoms with Crippen LogP contribution >= 0.6 is 0 Å². The fourth-order valence-corrected chi connectivity index (χ4v) is 2.23. The Morgan fingerprint density at radius 2 is 2.06 bits per heavy atom. The molecule has 0 bridgehead atoms. The molecule has 0 amide bonds. The zero-order valence-corrected chi connectivity index (χ0v) is 12.0. The Hall–Kier alpha value is -0.120. The number of hydrogen-bond donors (Lipinski definition) is 1. The van der Waals surface area contributed by atoms with E-state index in [2.05, 4.69) is 37.9 Å². The second-order valence-corrected chi connectivity index (χ2v) is 5.78. The quantitative estimate of drug-likeness (QED) is 0.722.